The summed E-state index contributed by atoms with van der Waals surface area (Å²) in [5.74, 6) is -2.23. The van der Waals surface area contributed by atoms with Crippen LogP contribution in [0.4, 0.5) is 0 Å². The third-order valence-corrected chi connectivity index (χ3v) is 14.7. The Hall–Kier alpha value is -7.16. The van der Waals surface area contributed by atoms with Gasteiger partial charge in [0.05, 0.1) is 23.0 Å². The molecule has 24 heteroatoms. The highest BCUT2D eigenvalue weighted by molar-refractivity contribution is 7.86. The van der Waals surface area contributed by atoms with E-state index in [0.717, 1.165) is 0 Å². The zero-order valence-electron chi connectivity index (χ0n) is 37.7. The predicted molar refractivity (Wildman–Crippen MR) is 266 cm³/mol. The van der Waals surface area contributed by atoms with E-state index in [9.17, 15) is 51.9 Å². The van der Waals surface area contributed by atoms with Crippen LogP contribution in [0.2, 0.25) is 0 Å². The Labute approximate surface area is 412 Å². The lowest BCUT2D eigenvalue weighted by Crippen LogP contribution is -2.19. The first-order chi connectivity index (χ1) is 34.1. The fourth-order valence-electron chi connectivity index (χ4n) is 8.59. The fourth-order valence-corrected chi connectivity index (χ4v) is 10.5. The Morgan fingerprint density at radius 2 is 0.542 bits per heavy atom. The SMILES string of the molecule is O=S(=O)(O)CCc1cc(C2=c3ccc([nH]3)=C(c3ccnc(CCS(=O)(=O)O)c3)c3ccc([nH]3)C(c3ccnc(CCS(=O)(=O)O)c3)=c3ccc([nH]3)=C(c3ccnc(CCS(=O)(=O)O)c3)c3ccc2[nH]3)ccn1. The molecule has 1 aliphatic rings. The Morgan fingerprint density at radius 1 is 0.319 bits per heavy atom. The molecule has 8 aromatic rings. The Kier molecular flexibility index (Phi) is 13.7. The van der Waals surface area contributed by atoms with Crippen molar-refractivity contribution >= 4 is 62.8 Å². The van der Waals surface area contributed by atoms with E-state index in [4.69, 9.17) is 0 Å². The second-order valence-corrected chi connectivity index (χ2v) is 23.2. The van der Waals surface area contributed by atoms with Crippen molar-refractivity contribution in [2.45, 2.75) is 25.7 Å². The first-order valence-corrected chi connectivity index (χ1v) is 28.4. The van der Waals surface area contributed by atoms with Gasteiger partial charge < -0.3 is 19.9 Å². The quantitative estimate of drug-likeness (QED) is 0.0637. The minimum absolute atomic E-state index is 0.0830. The highest BCUT2D eigenvalue weighted by Crippen LogP contribution is 2.29. The molecule has 0 spiro atoms. The monoisotopic (exact) mass is 1050 g/mol. The first kappa shape index (κ1) is 49.8. The first-order valence-electron chi connectivity index (χ1n) is 22.0. The summed E-state index contributed by atoms with van der Waals surface area (Å²) in [6.07, 6.45) is 5.81. The molecule has 0 saturated heterocycles. The maximum Gasteiger partial charge on any atom is 0.265 e. The number of aryl methyl sites for hydroxylation is 4. The third kappa shape index (κ3) is 12.1. The molecule has 8 aromatic heterocycles. The number of hydrogen-bond acceptors (Lipinski definition) is 12. The van der Waals surface area contributed by atoms with Gasteiger partial charge in [0.2, 0.25) is 0 Å². The highest BCUT2D eigenvalue weighted by Gasteiger charge is 2.21. The van der Waals surface area contributed by atoms with Gasteiger partial charge in [-0.1, -0.05) is 0 Å². The Bertz CT molecular complexity index is 3620. The van der Waals surface area contributed by atoms with Crippen LogP contribution in [0.25, 0.3) is 22.3 Å². The molecule has 0 aliphatic carbocycles. The van der Waals surface area contributed by atoms with Crippen LogP contribution in [0.5, 0.6) is 0 Å². The molecule has 0 aromatic carbocycles. The smallest absolute Gasteiger partial charge is 0.265 e. The summed E-state index contributed by atoms with van der Waals surface area (Å²) in [4.78, 5) is 31.9. The van der Waals surface area contributed by atoms with Crippen molar-refractivity contribution in [3.05, 3.63) is 211 Å². The second-order valence-electron chi connectivity index (χ2n) is 16.9. The molecule has 0 atom stereocenters. The molecular weight excluding hydrogens is 1010 g/mol. The highest BCUT2D eigenvalue weighted by atomic mass is 32.2. The van der Waals surface area contributed by atoms with Crippen LogP contribution in [0.3, 0.4) is 0 Å². The molecule has 0 saturated carbocycles. The van der Waals surface area contributed by atoms with Crippen molar-refractivity contribution < 1.29 is 51.9 Å². The van der Waals surface area contributed by atoms with Crippen molar-refractivity contribution in [1.82, 2.24) is 39.9 Å². The molecule has 8 bridgehead atoms. The van der Waals surface area contributed by atoms with E-state index < -0.39 is 63.5 Å². The van der Waals surface area contributed by atoms with Gasteiger partial charge >= 0.3 is 0 Å². The molecule has 20 nitrogen and oxygen atoms in total. The number of fused-ring (bicyclic) bond motifs is 8. The number of aromatic nitrogens is 8. The Balaban J connectivity index is 1.36. The van der Waals surface area contributed by atoms with Crippen LogP contribution in [0.1, 0.15) is 67.8 Å². The van der Waals surface area contributed by atoms with Crippen LogP contribution in [0.15, 0.2) is 122 Å². The van der Waals surface area contributed by atoms with Gasteiger partial charge in [-0.15, -0.1) is 0 Å². The lowest BCUT2D eigenvalue weighted by Gasteiger charge is -2.11. The summed E-state index contributed by atoms with van der Waals surface area (Å²) in [6, 6.07) is 28.8. The van der Waals surface area contributed by atoms with E-state index in [1.165, 1.54) is 24.8 Å². The fraction of sp³-hybridized carbons (Fsp3) is 0.167. The summed E-state index contributed by atoms with van der Waals surface area (Å²) < 4.78 is 133. The predicted octanol–water partition coefficient (Wildman–Crippen LogP) is 1.60. The van der Waals surface area contributed by atoms with Gasteiger partial charge in [-0.05, 0) is 119 Å². The maximum atomic E-state index is 11.8. The van der Waals surface area contributed by atoms with Crippen molar-refractivity contribution in [3.8, 4) is 0 Å². The normalized spacial score (nSPS) is 13.5. The molecule has 72 heavy (non-hydrogen) atoms. The van der Waals surface area contributed by atoms with Crippen LogP contribution in [-0.2, 0) is 66.2 Å². The van der Waals surface area contributed by atoms with E-state index >= 15 is 0 Å². The largest absolute Gasteiger partial charge is 0.354 e. The topological polar surface area (TPSA) is 332 Å². The summed E-state index contributed by atoms with van der Waals surface area (Å²) in [7, 11) is -17.3. The third-order valence-electron chi connectivity index (χ3n) is 11.8. The molecule has 0 radical (unpaired) electrons. The van der Waals surface area contributed by atoms with Gasteiger partial charge in [-0.3, -0.25) is 38.1 Å². The minimum Gasteiger partial charge on any atom is -0.354 e. The van der Waals surface area contributed by atoms with Crippen LogP contribution >= 0.6 is 0 Å². The molecule has 0 amide bonds. The van der Waals surface area contributed by atoms with Gasteiger partial charge in [0.1, 0.15) is 0 Å². The molecule has 1 aliphatic heterocycles. The van der Waals surface area contributed by atoms with Gasteiger partial charge in [0, 0.05) is 140 Å². The van der Waals surface area contributed by atoms with E-state index in [2.05, 4.69) is 39.9 Å². The molecule has 0 fully saturated rings. The van der Waals surface area contributed by atoms with Crippen molar-refractivity contribution in [2.24, 2.45) is 0 Å². The molecule has 9 rings (SSSR count). The van der Waals surface area contributed by atoms with Crippen molar-refractivity contribution in [3.63, 3.8) is 0 Å². The molecular formula is C48H44N8O12S4. The number of pyridine rings is 4. The van der Waals surface area contributed by atoms with Gasteiger partial charge in [-0.2, -0.15) is 33.7 Å². The molecule has 8 N–H and O–H groups in total. The van der Waals surface area contributed by atoms with E-state index in [1.54, 1.807) is 48.5 Å². The van der Waals surface area contributed by atoms with E-state index in [-0.39, 0.29) is 25.7 Å². The summed E-state index contributed by atoms with van der Waals surface area (Å²) >= 11 is 0. The Morgan fingerprint density at radius 3 is 0.750 bits per heavy atom. The number of nitrogens with zero attached hydrogens (tertiary/aromatic N) is 4. The maximum absolute atomic E-state index is 11.8. The number of rotatable bonds is 16. The van der Waals surface area contributed by atoms with Gasteiger partial charge in [0.25, 0.3) is 40.5 Å². The van der Waals surface area contributed by atoms with Gasteiger partial charge in [-0.25, -0.2) is 0 Å². The average Bonchev–Trinajstić information content (AvgIpc) is 4.17. The van der Waals surface area contributed by atoms with E-state index in [0.29, 0.717) is 111 Å². The van der Waals surface area contributed by atoms with E-state index in [1.807, 2.05) is 48.5 Å². The second kappa shape index (κ2) is 19.8. The summed E-state index contributed by atoms with van der Waals surface area (Å²) in [5.41, 5.74) is 8.85. The van der Waals surface area contributed by atoms with Crippen LogP contribution < -0.4 is 21.4 Å². The summed E-state index contributed by atoms with van der Waals surface area (Å²) in [6.45, 7) is 0. The average molecular weight is 1050 g/mol. The number of aromatic amines is 4. The lowest BCUT2D eigenvalue weighted by molar-refractivity contribution is 0.480. The standard InChI is InChI=1S/C48H44N8O12S4/c57-69(58,59)21-13-33-25-29(9-17-49-33)45-37-1-2-38(53-37)46(30-10-18-50-34(26-30)14-22-70(60,61)62)40-5-6-42(55-40)48(32-12-20-52-36(28-32)16-24-72(66,67)68)44-8-7-43(56-44)47(41-4-3-39(45)54-41)31-11-19-51-35(27-31)15-23-71(63,64)65/h1-12,17-20,25-28,53-56H,13-16,21-24H2,(H,57,58,59)(H,60,61,62)(H,63,64,65)(H,66,67,68). The zero-order chi connectivity index (χ0) is 51.0. The van der Waals surface area contributed by atoms with Gasteiger partial charge in [0.15, 0.2) is 0 Å². The zero-order valence-corrected chi connectivity index (χ0v) is 40.9. The molecule has 372 valence electrons. The number of H-pyrrole nitrogens is 4. The van der Waals surface area contributed by atoms with Crippen molar-refractivity contribution in [2.75, 3.05) is 23.0 Å². The number of hydrogen-bond donors (Lipinski definition) is 8. The van der Waals surface area contributed by atoms with Crippen molar-refractivity contribution in [1.29, 1.82) is 0 Å². The summed E-state index contributed by atoms with van der Waals surface area (Å²) in [5, 5.41) is 2.35. The lowest BCUT2D eigenvalue weighted by atomic mass is 10.0. The minimum atomic E-state index is -4.32. The molecule has 0 unspecified atom stereocenters. The number of nitrogens with one attached hydrogen (secondary N) is 4. The van der Waals surface area contributed by atoms with Crippen LogP contribution in [0, 0.1) is 0 Å². The molecule has 9 heterocycles. The van der Waals surface area contributed by atoms with Crippen LogP contribution in [-0.4, -0.2) is 115 Å².